The highest BCUT2D eigenvalue weighted by Gasteiger charge is 2.08. The largest absolute Gasteiger partial charge is 0.384 e. The molecule has 0 spiro atoms. The molecule has 5 N–H and O–H groups in total. The van der Waals surface area contributed by atoms with Crippen molar-refractivity contribution < 1.29 is 4.79 Å². The van der Waals surface area contributed by atoms with Gasteiger partial charge in [-0.05, 0) is 31.9 Å². The maximum atomic E-state index is 11.3. The Morgan fingerprint density at radius 1 is 1.30 bits per heavy atom. The molecule has 0 radical (unpaired) electrons. The van der Waals surface area contributed by atoms with Gasteiger partial charge in [-0.25, -0.2) is 4.68 Å². The van der Waals surface area contributed by atoms with Crippen molar-refractivity contribution in [2.45, 2.75) is 25.8 Å². The van der Waals surface area contributed by atoms with Crippen molar-refractivity contribution in [2.24, 2.45) is 5.73 Å². The van der Waals surface area contributed by atoms with Crippen LogP contribution in [0.4, 0.5) is 5.82 Å². The van der Waals surface area contributed by atoms with Crippen molar-refractivity contribution in [3.05, 3.63) is 42.1 Å². The van der Waals surface area contributed by atoms with Gasteiger partial charge in [0.25, 0.3) is 0 Å². The lowest BCUT2D eigenvalue weighted by Crippen LogP contribution is -2.38. The quantitative estimate of drug-likeness (QED) is 0.683. The van der Waals surface area contributed by atoms with E-state index in [0.29, 0.717) is 12.4 Å². The van der Waals surface area contributed by atoms with E-state index in [4.69, 9.17) is 11.5 Å². The Hall–Kier alpha value is -1.76. The van der Waals surface area contributed by atoms with Crippen molar-refractivity contribution in [3.8, 4) is 5.69 Å². The van der Waals surface area contributed by atoms with Gasteiger partial charge in [0.05, 0.1) is 17.4 Å². The third-order valence-corrected chi connectivity index (χ3v) is 3.11. The molecule has 8 heteroatoms. The molecule has 0 saturated carbocycles. The van der Waals surface area contributed by atoms with E-state index >= 15 is 0 Å². The van der Waals surface area contributed by atoms with Crippen LogP contribution in [0.1, 0.15) is 19.0 Å². The number of nitrogen functional groups attached to an aromatic ring is 1. The number of benzene rings is 1. The Bertz CT molecular complexity index is 601. The Balaban J connectivity index is 0.00000242. The number of nitrogens with one attached hydrogen (secondary N) is 1. The molecule has 0 saturated heterocycles. The first kappa shape index (κ1) is 21.2. The summed E-state index contributed by atoms with van der Waals surface area (Å²) in [6.07, 6.45) is 1.55. The summed E-state index contributed by atoms with van der Waals surface area (Å²) < 4.78 is 1.72. The number of hydrogen-bond donors (Lipinski definition) is 3. The lowest BCUT2D eigenvalue weighted by Gasteiger charge is -2.06. The van der Waals surface area contributed by atoms with Crippen molar-refractivity contribution in [3.63, 3.8) is 0 Å². The summed E-state index contributed by atoms with van der Waals surface area (Å²) in [5.74, 6) is 0.472. The van der Waals surface area contributed by atoms with E-state index in [0.717, 1.165) is 24.2 Å². The van der Waals surface area contributed by atoms with Gasteiger partial charge in [-0.2, -0.15) is 5.10 Å². The Morgan fingerprint density at radius 2 is 1.96 bits per heavy atom. The van der Waals surface area contributed by atoms with Crippen LogP contribution in [0.5, 0.6) is 0 Å². The van der Waals surface area contributed by atoms with Crippen LogP contribution < -0.4 is 16.8 Å². The minimum atomic E-state index is -0.474. The third-order valence-electron chi connectivity index (χ3n) is 3.11. The number of amides is 1. The minimum absolute atomic E-state index is 0. The number of halogens is 2. The van der Waals surface area contributed by atoms with Gasteiger partial charge in [-0.1, -0.05) is 18.2 Å². The first-order valence-electron chi connectivity index (χ1n) is 7.01. The molecule has 1 amide bonds. The minimum Gasteiger partial charge on any atom is -0.384 e. The van der Waals surface area contributed by atoms with Crippen molar-refractivity contribution >= 4 is 36.5 Å². The second-order valence-corrected chi connectivity index (χ2v) is 4.99. The highest BCUT2D eigenvalue weighted by atomic mass is 35.5. The van der Waals surface area contributed by atoms with E-state index in [1.54, 1.807) is 11.6 Å². The lowest BCUT2D eigenvalue weighted by molar-refractivity contribution is -0.121. The van der Waals surface area contributed by atoms with E-state index < -0.39 is 6.04 Å². The SMILES string of the molecule is CC(N)C(=O)NCCCc1cc(N)n(-c2ccccc2)n1.Cl.Cl. The van der Waals surface area contributed by atoms with Gasteiger partial charge in [0, 0.05) is 12.6 Å². The Labute approximate surface area is 148 Å². The van der Waals surface area contributed by atoms with E-state index in [1.165, 1.54) is 0 Å². The number of anilines is 1. The second-order valence-electron chi connectivity index (χ2n) is 4.99. The van der Waals surface area contributed by atoms with E-state index in [9.17, 15) is 4.79 Å². The van der Waals surface area contributed by atoms with Crippen LogP contribution in [-0.2, 0) is 11.2 Å². The summed E-state index contributed by atoms with van der Waals surface area (Å²) in [6.45, 7) is 2.25. The molecule has 0 aliphatic rings. The fraction of sp³-hybridized carbons (Fsp3) is 0.333. The van der Waals surface area contributed by atoms with Crippen LogP contribution in [0.2, 0.25) is 0 Å². The molecule has 1 unspecified atom stereocenters. The van der Waals surface area contributed by atoms with E-state index in [2.05, 4.69) is 10.4 Å². The summed E-state index contributed by atoms with van der Waals surface area (Å²) in [7, 11) is 0. The number of nitrogens with two attached hydrogens (primary N) is 2. The van der Waals surface area contributed by atoms with Crippen molar-refractivity contribution in [1.29, 1.82) is 0 Å². The normalized spacial score (nSPS) is 11.0. The molecule has 2 aromatic rings. The Kier molecular flexibility index (Phi) is 9.32. The number of aromatic nitrogens is 2. The molecular formula is C15H23Cl2N5O. The van der Waals surface area contributed by atoms with E-state index in [1.807, 2.05) is 36.4 Å². The average Bonchev–Trinajstić information content (AvgIpc) is 2.85. The van der Waals surface area contributed by atoms with Crippen LogP contribution in [0, 0.1) is 0 Å². The fourth-order valence-electron chi connectivity index (χ4n) is 1.99. The summed E-state index contributed by atoms with van der Waals surface area (Å²) in [5.41, 5.74) is 13.3. The molecule has 23 heavy (non-hydrogen) atoms. The standard InChI is InChI=1S/C15H21N5O.2ClH/c1-11(16)15(21)18-9-5-6-12-10-14(17)20(19-12)13-7-3-2-4-8-13;;/h2-4,7-8,10-11H,5-6,9,16-17H2,1H3,(H,18,21);2*1H. The molecule has 1 aromatic carbocycles. The van der Waals surface area contributed by atoms with Crippen molar-refractivity contribution in [1.82, 2.24) is 15.1 Å². The molecule has 0 aliphatic carbocycles. The monoisotopic (exact) mass is 359 g/mol. The molecule has 0 aliphatic heterocycles. The topological polar surface area (TPSA) is 99.0 Å². The van der Waals surface area contributed by atoms with Gasteiger partial charge in [0.2, 0.25) is 5.91 Å². The first-order valence-corrected chi connectivity index (χ1v) is 7.01. The molecule has 128 valence electrons. The first-order chi connectivity index (χ1) is 10.1. The van der Waals surface area contributed by atoms with E-state index in [-0.39, 0.29) is 30.7 Å². The summed E-state index contributed by atoms with van der Waals surface area (Å²) in [5, 5.41) is 7.26. The smallest absolute Gasteiger partial charge is 0.236 e. The van der Waals surface area contributed by atoms with Gasteiger partial charge in [-0.15, -0.1) is 24.8 Å². The zero-order valence-corrected chi connectivity index (χ0v) is 14.6. The number of hydrogen-bond acceptors (Lipinski definition) is 4. The molecular weight excluding hydrogens is 337 g/mol. The number of carbonyl (C=O) groups is 1. The zero-order chi connectivity index (χ0) is 15.2. The number of nitrogens with zero attached hydrogens (tertiary/aromatic N) is 2. The predicted octanol–water partition coefficient (Wildman–Crippen LogP) is 1.69. The fourth-order valence-corrected chi connectivity index (χ4v) is 1.99. The number of rotatable bonds is 6. The van der Waals surface area contributed by atoms with Crippen LogP contribution in [-0.4, -0.2) is 28.3 Å². The number of para-hydroxylation sites is 1. The predicted molar refractivity (Wildman–Crippen MR) is 97.5 cm³/mol. The zero-order valence-electron chi connectivity index (χ0n) is 12.9. The maximum Gasteiger partial charge on any atom is 0.236 e. The maximum absolute atomic E-state index is 11.3. The summed E-state index contributed by atoms with van der Waals surface area (Å²) in [4.78, 5) is 11.3. The second kappa shape index (κ2) is 10.1. The molecule has 0 bridgehead atoms. The van der Waals surface area contributed by atoms with Crippen LogP contribution >= 0.6 is 24.8 Å². The Morgan fingerprint density at radius 3 is 2.57 bits per heavy atom. The third kappa shape index (κ3) is 6.09. The van der Waals surface area contributed by atoms with Gasteiger partial charge < -0.3 is 16.8 Å². The molecule has 2 rings (SSSR count). The van der Waals surface area contributed by atoms with Gasteiger partial charge in [-0.3, -0.25) is 4.79 Å². The highest BCUT2D eigenvalue weighted by molar-refractivity contribution is 5.85. The van der Waals surface area contributed by atoms with Gasteiger partial charge in [0.15, 0.2) is 0 Å². The summed E-state index contributed by atoms with van der Waals surface area (Å²) >= 11 is 0. The lowest BCUT2D eigenvalue weighted by atomic mass is 10.2. The van der Waals surface area contributed by atoms with Gasteiger partial charge in [0.1, 0.15) is 5.82 Å². The van der Waals surface area contributed by atoms with Crippen LogP contribution in [0.25, 0.3) is 5.69 Å². The van der Waals surface area contributed by atoms with Crippen LogP contribution in [0.3, 0.4) is 0 Å². The molecule has 0 fully saturated rings. The van der Waals surface area contributed by atoms with Crippen LogP contribution in [0.15, 0.2) is 36.4 Å². The number of carbonyl (C=O) groups excluding carboxylic acids is 1. The van der Waals surface area contributed by atoms with Crippen molar-refractivity contribution in [2.75, 3.05) is 12.3 Å². The molecule has 1 heterocycles. The highest BCUT2D eigenvalue weighted by Crippen LogP contribution is 2.14. The number of aryl methyl sites for hydroxylation is 1. The van der Waals surface area contributed by atoms with Gasteiger partial charge >= 0.3 is 0 Å². The molecule has 1 aromatic heterocycles. The summed E-state index contributed by atoms with van der Waals surface area (Å²) in [6, 6.07) is 11.1. The molecule has 1 atom stereocenters. The average molecular weight is 360 g/mol. The molecule has 6 nitrogen and oxygen atoms in total.